The molecule has 2 heterocycles. The van der Waals surface area contributed by atoms with Gasteiger partial charge in [0.15, 0.2) is 0 Å². The van der Waals surface area contributed by atoms with Crippen molar-refractivity contribution in [2.75, 3.05) is 20.2 Å². The van der Waals surface area contributed by atoms with Crippen LogP contribution in [0.15, 0.2) is 0 Å². The summed E-state index contributed by atoms with van der Waals surface area (Å²) in [5.74, 6) is -0.200. The van der Waals surface area contributed by atoms with Crippen molar-refractivity contribution in [2.24, 2.45) is 0 Å². The lowest BCUT2D eigenvalue weighted by molar-refractivity contribution is -0.152. The molecule has 2 aliphatic rings. The van der Waals surface area contributed by atoms with Crippen LogP contribution >= 0.6 is 0 Å². The second kappa shape index (κ2) is 4.82. The quantitative estimate of drug-likeness (QED) is 0.634. The molecule has 5 nitrogen and oxygen atoms in total. The zero-order valence-corrected chi connectivity index (χ0v) is 9.57. The van der Waals surface area contributed by atoms with E-state index >= 15 is 0 Å². The number of nitrogens with one attached hydrogen (secondary N) is 1. The molecule has 0 radical (unpaired) electrons. The zero-order chi connectivity index (χ0) is 11.5. The fourth-order valence-electron chi connectivity index (χ4n) is 2.63. The van der Waals surface area contributed by atoms with Crippen LogP contribution in [0.4, 0.5) is 0 Å². The Morgan fingerprint density at radius 3 is 2.94 bits per heavy atom. The van der Waals surface area contributed by atoms with E-state index in [1.807, 2.05) is 0 Å². The van der Waals surface area contributed by atoms with Gasteiger partial charge in [-0.05, 0) is 25.8 Å². The van der Waals surface area contributed by atoms with Crippen molar-refractivity contribution in [3.8, 4) is 0 Å². The molecule has 90 valence electrons. The summed E-state index contributed by atoms with van der Waals surface area (Å²) >= 11 is 0. The Morgan fingerprint density at radius 1 is 1.38 bits per heavy atom. The predicted octanol–water partition coefficient (Wildman–Crippen LogP) is -0.0976. The van der Waals surface area contributed by atoms with Crippen molar-refractivity contribution in [2.45, 2.75) is 37.8 Å². The number of fused-ring (bicyclic) bond motifs is 1. The SMILES string of the molecule is COC(=O)C1CCC2CCNCCC(=O)N21. The van der Waals surface area contributed by atoms with Gasteiger partial charge in [-0.2, -0.15) is 0 Å². The average molecular weight is 226 g/mol. The molecule has 0 aromatic carbocycles. The average Bonchev–Trinajstić information content (AvgIpc) is 2.68. The number of hydrogen-bond acceptors (Lipinski definition) is 4. The summed E-state index contributed by atoms with van der Waals surface area (Å²) in [6.07, 6.45) is 3.06. The van der Waals surface area contributed by atoms with Crippen molar-refractivity contribution in [1.29, 1.82) is 0 Å². The smallest absolute Gasteiger partial charge is 0.328 e. The first kappa shape index (κ1) is 11.4. The molecule has 2 atom stereocenters. The van der Waals surface area contributed by atoms with Gasteiger partial charge >= 0.3 is 5.97 Å². The lowest BCUT2D eigenvalue weighted by atomic mass is 10.1. The maximum Gasteiger partial charge on any atom is 0.328 e. The Bertz CT molecular complexity index is 293. The molecule has 2 rings (SSSR count). The number of methoxy groups -OCH3 is 1. The number of nitrogens with zero attached hydrogens (tertiary/aromatic N) is 1. The molecule has 0 aliphatic carbocycles. The van der Waals surface area contributed by atoms with Gasteiger partial charge in [0.25, 0.3) is 0 Å². The molecule has 0 saturated carbocycles. The molecule has 1 amide bonds. The van der Waals surface area contributed by atoms with Gasteiger partial charge in [0.05, 0.1) is 7.11 Å². The van der Waals surface area contributed by atoms with Crippen LogP contribution in [0, 0.1) is 0 Å². The van der Waals surface area contributed by atoms with Gasteiger partial charge in [-0.3, -0.25) is 4.79 Å². The number of amides is 1. The van der Waals surface area contributed by atoms with Gasteiger partial charge in [-0.1, -0.05) is 0 Å². The van der Waals surface area contributed by atoms with E-state index < -0.39 is 0 Å². The van der Waals surface area contributed by atoms with E-state index in [1.165, 1.54) is 7.11 Å². The molecule has 2 aliphatic heterocycles. The number of carbonyl (C=O) groups excluding carboxylic acids is 2. The van der Waals surface area contributed by atoms with Gasteiger partial charge in [0, 0.05) is 19.0 Å². The van der Waals surface area contributed by atoms with Gasteiger partial charge in [-0.15, -0.1) is 0 Å². The van der Waals surface area contributed by atoms with Gasteiger partial charge in [0.1, 0.15) is 6.04 Å². The molecule has 5 heteroatoms. The summed E-state index contributed by atoms with van der Waals surface area (Å²) in [5.41, 5.74) is 0. The molecule has 0 aromatic heterocycles. The fourth-order valence-corrected chi connectivity index (χ4v) is 2.63. The first-order valence-corrected chi connectivity index (χ1v) is 5.83. The first-order valence-electron chi connectivity index (χ1n) is 5.83. The predicted molar refractivity (Wildman–Crippen MR) is 57.8 cm³/mol. The summed E-state index contributed by atoms with van der Waals surface area (Å²) in [5, 5.41) is 3.22. The van der Waals surface area contributed by atoms with Gasteiger partial charge in [-0.25, -0.2) is 4.79 Å². The second-order valence-electron chi connectivity index (χ2n) is 4.36. The summed E-state index contributed by atoms with van der Waals surface area (Å²) in [6.45, 7) is 1.62. The third kappa shape index (κ3) is 2.04. The highest BCUT2D eigenvalue weighted by Gasteiger charge is 2.41. The van der Waals surface area contributed by atoms with E-state index in [0.717, 1.165) is 25.8 Å². The maximum absolute atomic E-state index is 12.0. The lowest BCUT2D eigenvalue weighted by Crippen LogP contribution is -2.48. The number of ether oxygens (including phenoxy) is 1. The molecule has 0 aromatic rings. The Morgan fingerprint density at radius 2 is 2.19 bits per heavy atom. The number of hydrogen-bond donors (Lipinski definition) is 1. The Balaban J connectivity index is 2.13. The minimum atomic E-state index is -0.347. The van der Waals surface area contributed by atoms with Crippen molar-refractivity contribution >= 4 is 11.9 Å². The van der Waals surface area contributed by atoms with E-state index in [-0.39, 0.29) is 24.0 Å². The molecule has 0 bridgehead atoms. The first-order chi connectivity index (χ1) is 7.74. The number of carbonyl (C=O) groups is 2. The van der Waals surface area contributed by atoms with E-state index in [4.69, 9.17) is 4.74 Å². The monoisotopic (exact) mass is 226 g/mol. The van der Waals surface area contributed by atoms with Gasteiger partial charge in [0.2, 0.25) is 5.91 Å². The minimum absolute atomic E-state index is 0.0742. The minimum Gasteiger partial charge on any atom is -0.467 e. The van der Waals surface area contributed by atoms with Crippen LogP contribution in [0.5, 0.6) is 0 Å². The van der Waals surface area contributed by atoms with Crippen LogP contribution < -0.4 is 5.32 Å². The molecule has 2 saturated heterocycles. The van der Waals surface area contributed by atoms with E-state index in [1.54, 1.807) is 4.90 Å². The summed E-state index contributed by atoms with van der Waals surface area (Å²) in [7, 11) is 1.38. The number of rotatable bonds is 1. The van der Waals surface area contributed by atoms with Crippen molar-refractivity contribution in [3.05, 3.63) is 0 Å². The topological polar surface area (TPSA) is 58.6 Å². The van der Waals surface area contributed by atoms with Crippen LogP contribution in [0.2, 0.25) is 0 Å². The highest BCUT2D eigenvalue weighted by molar-refractivity contribution is 5.85. The van der Waals surface area contributed by atoms with Crippen molar-refractivity contribution in [1.82, 2.24) is 10.2 Å². The summed E-state index contributed by atoms with van der Waals surface area (Å²) in [4.78, 5) is 25.3. The lowest BCUT2D eigenvalue weighted by Gasteiger charge is -2.31. The van der Waals surface area contributed by atoms with Crippen LogP contribution in [-0.2, 0) is 14.3 Å². The Hall–Kier alpha value is -1.10. The summed E-state index contributed by atoms with van der Waals surface area (Å²) in [6, 6.07) is -0.134. The highest BCUT2D eigenvalue weighted by Crippen LogP contribution is 2.28. The fraction of sp³-hybridized carbons (Fsp3) is 0.818. The van der Waals surface area contributed by atoms with E-state index in [9.17, 15) is 9.59 Å². The van der Waals surface area contributed by atoms with Crippen molar-refractivity contribution < 1.29 is 14.3 Å². The third-order valence-electron chi connectivity index (χ3n) is 3.43. The molecular formula is C11H18N2O3. The Kier molecular flexibility index (Phi) is 3.43. The zero-order valence-electron chi connectivity index (χ0n) is 9.57. The third-order valence-corrected chi connectivity index (χ3v) is 3.43. The van der Waals surface area contributed by atoms with Crippen LogP contribution in [-0.4, -0.2) is 49.1 Å². The molecule has 0 spiro atoms. The molecule has 1 N–H and O–H groups in total. The summed E-state index contributed by atoms with van der Waals surface area (Å²) < 4.78 is 4.76. The van der Waals surface area contributed by atoms with Crippen LogP contribution in [0.25, 0.3) is 0 Å². The second-order valence-corrected chi connectivity index (χ2v) is 4.36. The van der Waals surface area contributed by atoms with Gasteiger partial charge < -0.3 is 15.0 Å². The highest BCUT2D eigenvalue weighted by atomic mass is 16.5. The standard InChI is InChI=1S/C11H18N2O3/c1-16-11(15)9-3-2-8-4-6-12-7-5-10(14)13(8)9/h8-9,12H,2-7H2,1H3. The van der Waals surface area contributed by atoms with E-state index in [0.29, 0.717) is 13.0 Å². The number of esters is 1. The molecule has 16 heavy (non-hydrogen) atoms. The molecule has 2 unspecified atom stereocenters. The van der Waals surface area contributed by atoms with Crippen LogP contribution in [0.3, 0.4) is 0 Å². The van der Waals surface area contributed by atoms with E-state index in [2.05, 4.69) is 5.32 Å². The van der Waals surface area contributed by atoms with Crippen LogP contribution in [0.1, 0.15) is 25.7 Å². The largest absolute Gasteiger partial charge is 0.467 e. The normalized spacial score (nSPS) is 30.6. The Labute approximate surface area is 95.1 Å². The van der Waals surface area contributed by atoms with Crippen molar-refractivity contribution in [3.63, 3.8) is 0 Å². The molecule has 2 fully saturated rings. The maximum atomic E-state index is 12.0. The molecular weight excluding hydrogens is 208 g/mol.